The molecular formula is C49H54NOP3. The molecule has 6 aromatic carbocycles. The lowest BCUT2D eigenvalue weighted by molar-refractivity contribution is 0.422. The SMILES string of the molecule is Cc1cc(C)cc(P(C[C@@H]2C[C@H](P(c3cc(C)cc(C)c3)c3cc(C)cc(C)c3)CN2P(=O)(c2ccccc2)c2ccccc2)c2cc(C)cc(C)c2)c1. The minimum Gasteiger partial charge on any atom is -0.296 e. The molecule has 0 N–H and O–H groups in total. The van der Waals surface area contributed by atoms with E-state index >= 15 is 4.57 Å². The molecule has 1 aliphatic rings. The molecule has 0 spiro atoms. The third kappa shape index (κ3) is 8.30. The van der Waals surface area contributed by atoms with Crippen molar-refractivity contribution in [2.45, 2.75) is 73.5 Å². The number of aryl methyl sites for hydroxylation is 8. The lowest BCUT2D eigenvalue weighted by Gasteiger charge is -2.36. The Morgan fingerprint density at radius 3 is 1.19 bits per heavy atom. The van der Waals surface area contributed by atoms with Crippen LogP contribution in [0.1, 0.15) is 50.9 Å². The molecule has 1 heterocycles. The Morgan fingerprint density at radius 2 is 0.833 bits per heavy atom. The summed E-state index contributed by atoms with van der Waals surface area (Å²) in [7, 11) is -4.78. The highest BCUT2D eigenvalue weighted by Gasteiger charge is 2.48. The molecule has 276 valence electrons. The second-order valence-corrected chi connectivity index (χ2v) is 23.2. The average Bonchev–Trinajstić information content (AvgIpc) is 3.53. The largest absolute Gasteiger partial charge is 0.296 e. The molecule has 0 radical (unpaired) electrons. The van der Waals surface area contributed by atoms with Gasteiger partial charge >= 0.3 is 0 Å². The van der Waals surface area contributed by atoms with Gasteiger partial charge in [0.25, 0.3) is 0 Å². The number of hydrogen-bond acceptors (Lipinski definition) is 1. The van der Waals surface area contributed by atoms with Crippen molar-refractivity contribution in [1.82, 2.24) is 4.67 Å². The van der Waals surface area contributed by atoms with Gasteiger partial charge in [0, 0.05) is 28.9 Å². The van der Waals surface area contributed by atoms with Gasteiger partial charge in [0.2, 0.25) is 7.29 Å². The first kappa shape index (κ1) is 38.6. The van der Waals surface area contributed by atoms with Gasteiger partial charge in [-0.1, -0.05) is 154 Å². The molecule has 2 nitrogen and oxygen atoms in total. The molecule has 0 aliphatic carbocycles. The summed E-state index contributed by atoms with van der Waals surface area (Å²) in [5, 5.41) is 7.53. The molecule has 0 amide bonds. The van der Waals surface area contributed by atoms with E-state index in [1.165, 1.54) is 65.7 Å². The van der Waals surface area contributed by atoms with Gasteiger partial charge in [-0.05, 0) is 129 Å². The molecule has 1 aliphatic heterocycles. The van der Waals surface area contributed by atoms with Gasteiger partial charge < -0.3 is 0 Å². The Balaban J connectivity index is 1.44. The van der Waals surface area contributed by atoms with Crippen molar-refractivity contribution in [2.75, 3.05) is 12.7 Å². The van der Waals surface area contributed by atoms with Gasteiger partial charge in [-0.3, -0.25) is 4.57 Å². The van der Waals surface area contributed by atoms with E-state index in [1.54, 1.807) is 0 Å². The van der Waals surface area contributed by atoms with Crippen LogP contribution in [0, 0.1) is 55.4 Å². The van der Waals surface area contributed by atoms with Crippen LogP contribution >= 0.6 is 23.1 Å². The maximum absolute atomic E-state index is 16.5. The van der Waals surface area contributed by atoms with E-state index in [0.717, 1.165) is 29.7 Å². The van der Waals surface area contributed by atoms with Crippen molar-refractivity contribution in [3.63, 3.8) is 0 Å². The van der Waals surface area contributed by atoms with Crippen molar-refractivity contribution in [3.8, 4) is 0 Å². The summed E-state index contributed by atoms with van der Waals surface area (Å²) < 4.78 is 19.0. The van der Waals surface area contributed by atoms with E-state index in [0.29, 0.717) is 5.66 Å². The molecule has 1 saturated heterocycles. The molecule has 7 rings (SSSR count). The minimum absolute atomic E-state index is 0.107. The smallest absolute Gasteiger partial charge is 0.207 e. The predicted octanol–water partition coefficient (Wildman–Crippen LogP) is 10.1. The van der Waals surface area contributed by atoms with Crippen LogP contribution in [-0.2, 0) is 4.57 Å². The van der Waals surface area contributed by atoms with Gasteiger partial charge in [0.15, 0.2) is 0 Å². The summed E-state index contributed by atoms with van der Waals surface area (Å²) >= 11 is 0. The summed E-state index contributed by atoms with van der Waals surface area (Å²) in [6, 6.07) is 49.4. The summed E-state index contributed by atoms with van der Waals surface area (Å²) in [4.78, 5) is 0. The van der Waals surface area contributed by atoms with E-state index in [2.05, 4.69) is 181 Å². The third-order valence-corrected chi connectivity index (χ3v) is 19.2. The number of benzene rings is 6. The van der Waals surface area contributed by atoms with Crippen LogP contribution in [0.4, 0.5) is 0 Å². The third-order valence-electron chi connectivity index (χ3n) is 10.7. The van der Waals surface area contributed by atoms with E-state index in [9.17, 15) is 0 Å². The van der Waals surface area contributed by atoms with Crippen molar-refractivity contribution in [2.24, 2.45) is 0 Å². The zero-order chi connectivity index (χ0) is 38.1. The normalized spacial score (nSPS) is 16.4. The topological polar surface area (TPSA) is 20.3 Å². The van der Waals surface area contributed by atoms with Crippen LogP contribution in [0.5, 0.6) is 0 Å². The first-order chi connectivity index (χ1) is 25.9. The predicted molar refractivity (Wildman–Crippen MR) is 240 cm³/mol. The molecule has 2 atom stereocenters. The molecular weight excluding hydrogens is 711 g/mol. The zero-order valence-electron chi connectivity index (χ0n) is 33.2. The van der Waals surface area contributed by atoms with Gasteiger partial charge in [-0.15, -0.1) is 0 Å². The fourth-order valence-corrected chi connectivity index (χ4v) is 18.4. The maximum Gasteiger partial charge on any atom is 0.207 e. The molecule has 0 aromatic heterocycles. The van der Waals surface area contributed by atoms with E-state index in [1.807, 2.05) is 12.1 Å². The highest BCUT2D eigenvalue weighted by molar-refractivity contribution is 7.77. The van der Waals surface area contributed by atoms with Gasteiger partial charge in [-0.2, -0.15) is 0 Å². The summed E-state index contributed by atoms with van der Waals surface area (Å²) in [6.07, 6.45) is 1.94. The molecule has 6 aromatic rings. The number of nitrogens with zero attached hydrogens (tertiary/aromatic N) is 1. The molecule has 1 fully saturated rings. The molecule has 0 saturated carbocycles. The highest BCUT2D eigenvalue weighted by atomic mass is 31.2. The van der Waals surface area contributed by atoms with Crippen LogP contribution in [0.25, 0.3) is 0 Å². The van der Waals surface area contributed by atoms with Crippen LogP contribution in [0.3, 0.4) is 0 Å². The van der Waals surface area contributed by atoms with Gasteiger partial charge in [0.1, 0.15) is 0 Å². The zero-order valence-corrected chi connectivity index (χ0v) is 35.9. The van der Waals surface area contributed by atoms with Crippen LogP contribution < -0.4 is 31.8 Å². The maximum atomic E-state index is 16.5. The lowest BCUT2D eigenvalue weighted by atomic mass is 10.2. The average molecular weight is 766 g/mol. The van der Waals surface area contributed by atoms with Crippen LogP contribution in [0.2, 0.25) is 0 Å². The van der Waals surface area contributed by atoms with E-state index in [-0.39, 0.29) is 6.04 Å². The van der Waals surface area contributed by atoms with Gasteiger partial charge in [-0.25, -0.2) is 4.67 Å². The summed E-state index contributed by atoms with van der Waals surface area (Å²) in [5.41, 5.74) is 10.8. The Hall–Kier alpha value is -3.63. The quantitative estimate of drug-likeness (QED) is 0.130. The van der Waals surface area contributed by atoms with E-state index in [4.69, 9.17) is 0 Å². The molecule has 0 bridgehead atoms. The van der Waals surface area contributed by atoms with Crippen molar-refractivity contribution < 1.29 is 4.57 Å². The first-order valence-corrected chi connectivity index (χ1v) is 23.9. The fourth-order valence-electron chi connectivity index (χ4n) is 8.82. The highest BCUT2D eigenvalue weighted by Crippen LogP contribution is 2.58. The second kappa shape index (κ2) is 16.2. The van der Waals surface area contributed by atoms with Crippen LogP contribution in [-0.4, -0.2) is 29.1 Å². The summed E-state index contributed by atoms with van der Waals surface area (Å²) in [5.74, 6) is 0. The van der Waals surface area contributed by atoms with Gasteiger partial charge in [0.05, 0.1) is 0 Å². The van der Waals surface area contributed by atoms with Crippen molar-refractivity contribution in [1.29, 1.82) is 0 Å². The fraction of sp³-hybridized carbons (Fsp3) is 0.265. The Labute approximate surface area is 327 Å². The summed E-state index contributed by atoms with van der Waals surface area (Å²) in [6.45, 7) is 18.6. The molecule has 0 unspecified atom stereocenters. The molecule has 5 heteroatoms. The first-order valence-electron chi connectivity index (χ1n) is 19.3. The number of hydrogen-bond donors (Lipinski definition) is 0. The Morgan fingerprint density at radius 1 is 0.500 bits per heavy atom. The Kier molecular flexibility index (Phi) is 11.6. The number of rotatable bonds is 10. The monoisotopic (exact) mass is 765 g/mol. The second-order valence-electron chi connectivity index (χ2n) is 15.8. The van der Waals surface area contributed by atoms with Crippen LogP contribution in [0.15, 0.2) is 133 Å². The lowest BCUT2D eigenvalue weighted by Crippen LogP contribution is -2.38. The standard InChI is InChI=1S/C49H54NOP3/c1-34-19-35(2)24-43(23-34)52(44-25-36(3)20-37(4)26-44)33-42-31-47(32-50(42)54(51,48-15-11-9-12-16-48)49-17-13-10-14-18-49)53(45-27-38(5)21-39(6)28-45)46-29-40(7)22-41(8)30-46/h9-30,42,47H,31-33H2,1-8H3/t42-,47-/m0/s1. The molecule has 54 heavy (non-hydrogen) atoms. The van der Waals surface area contributed by atoms with E-state index < -0.39 is 23.1 Å². The minimum atomic E-state index is -3.25. The van der Waals surface area contributed by atoms with Crippen molar-refractivity contribution in [3.05, 3.63) is 178 Å². The Bertz CT molecular complexity index is 2090. The van der Waals surface area contributed by atoms with Crippen molar-refractivity contribution >= 4 is 55.0 Å².